The summed E-state index contributed by atoms with van der Waals surface area (Å²) in [5.41, 5.74) is 6.49. The number of carbonyl (C=O) groups is 9. The number of halogens is 3. The van der Waals surface area contributed by atoms with Crippen LogP contribution in [0.3, 0.4) is 0 Å². The Morgan fingerprint density at radius 2 is 1.00 bits per heavy atom. The number of benzene rings is 2. The van der Waals surface area contributed by atoms with Crippen molar-refractivity contribution in [3.8, 4) is 0 Å². The lowest BCUT2D eigenvalue weighted by Crippen LogP contribution is -2.62. The fraction of sp³-hybridized carbons (Fsp3) is 0.447. The first kappa shape index (κ1) is 52.4. The van der Waals surface area contributed by atoms with Crippen LogP contribution in [0, 0.1) is 5.92 Å². The monoisotopic (exact) mass is 869 g/mol. The first-order valence-electron chi connectivity index (χ1n) is 18.3. The van der Waals surface area contributed by atoms with Crippen molar-refractivity contribution in [1.82, 2.24) is 31.9 Å². The maximum atomic E-state index is 13.7. The molecule has 0 unspecified atom stereocenters. The van der Waals surface area contributed by atoms with E-state index in [4.69, 9.17) is 15.6 Å². The number of aliphatic hydroxyl groups is 2. The summed E-state index contributed by atoms with van der Waals surface area (Å²) in [7, 11) is 0. The number of carbonyl (C=O) groups excluding carboxylic acids is 7. The van der Waals surface area contributed by atoms with Gasteiger partial charge in [0.2, 0.25) is 41.4 Å². The number of hydrogen-bond donors (Lipinski definition) is 11. The van der Waals surface area contributed by atoms with Crippen LogP contribution in [0.15, 0.2) is 60.7 Å². The van der Waals surface area contributed by atoms with Crippen molar-refractivity contribution in [3.63, 3.8) is 0 Å². The molecule has 23 heteroatoms. The standard InChI is InChI=1S/C36H49N7O11.C2HF3O2/c1-19(2)29(43-35(52)30(20(3)45)38-21(4)46)34(51)42-27(18-44)33(50)39-24(15-22-11-7-5-8-12-22)31(48)40-25(17-28(37)47)32(49)41-26(36(53)54)16-23-13-9-6-10-14-23;3-2(4,5)1(6)7/h5-14,19-20,24-27,29-30,44-45H,15-18H2,1-4H3,(H2,37,47)(H,38,46)(H,39,50)(H,40,48)(H,41,49)(H,42,51)(H,43,52)(H,53,54);(H,6,7)/t20-,24+,25+,26+,27+,29+,30+;/m1./s1. The normalized spacial score (nSPS) is 14.4. The van der Waals surface area contributed by atoms with Crippen molar-refractivity contribution in [1.29, 1.82) is 0 Å². The summed E-state index contributed by atoms with van der Waals surface area (Å²) in [6.07, 6.45) is -7.42. The highest BCUT2D eigenvalue weighted by Gasteiger charge is 2.38. The number of nitrogens with two attached hydrogens (primary N) is 1. The molecule has 12 N–H and O–H groups in total. The van der Waals surface area contributed by atoms with Gasteiger partial charge in [-0.3, -0.25) is 33.6 Å². The SMILES string of the molecule is CC(=O)N[C@H](C(=O)N[C@H](C(=O)N[C@@H](CO)C(=O)N[C@@H](Cc1ccccc1)C(=O)N[C@@H](CC(N)=O)C(=O)N[C@@H](Cc1ccccc1)C(=O)O)C(C)C)[C@@H](C)O.O=C(O)C(F)(F)F. The second-order valence-electron chi connectivity index (χ2n) is 13.8. The van der Waals surface area contributed by atoms with E-state index in [0.717, 1.165) is 6.92 Å². The second-order valence-corrected chi connectivity index (χ2v) is 13.8. The molecule has 0 fully saturated rings. The molecule has 0 radical (unpaired) electrons. The van der Waals surface area contributed by atoms with Gasteiger partial charge in [0.15, 0.2) is 0 Å². The van der Waals surface area contributed by atoms with Gasteiger partial charge < -0.3 is 58.1 Å². The van der Waals surface area contributed by atoms with Crippen molar-refractivity contribution < 1.29 is 76.7 Å². The zero-order chi connectivity index (χ0) is 46.6. The van der Waals surface area contributed by atoms with Crippen molar-refractivity contribution in [3.05, 3.63) is 71.8 Å². The third-order valence-electron chi connectivity index (χ3n) is 8.28. The Bertz CT molecular complexity index is 1830. The number of alkyl halides is 3. The molecule has 7 atom stereocenters. The number of nitrogens with one attached hydrogen (secondary N) is 6. The number of carboxylic acids is 2. The molecule has 0 saturated heterocycles. The summed E-state index contributed by atoms with van der Waals surface area (Å²) in [6.45, 7) is 4.60. The van der Waals surface area contributed by atoms with Gasteiger partial charge in [0.1, 0.15) is 36.3 Å². The zero-order valence-electron chi connectivity index (χ0n) is 33.4. The third-order valence-corrected chi connectivity index (χ3v) is 8.28. The Morgan fingerprint density at radius 1 is 0.607 bits per heavy atom. The van der Waals surface area contributed by atoms with Crippen LogP contribution in [-0.2, 0) is 56.0 Å². The first-order valence-corrected chi connectivity index (χ1v) is 18.3. The van der Waals surface area contributed by atoms with Crippen LogP contribution < -0.4 is 37.6 Å². The second kappa shape index (κ2) is 25.1. The van der Waals surface area contributed by atoms with E-state index < -0.39 is 121 Å². The van der Waals surface area contributed by atoms with Crippen LogP contribution in [0.4, 0.5) is 13.2 Å². The zero-order valence-corrected chi connectivity index (χ0v) is 33.4. The molecule has 2 aromatic rings. The third kappa shape index (κ3) is 19.3. The van der Waals surface area contributed by atoms with Gasteiger partial charge in [-0.2, -0.15) is 13.2 Å². The largest absolute Gasteiger partial charge is 0.490 e. The Hall–Kier alpha value is -6.62. The Kier molecular flexibility index (Phi) is 21.6. The van der Waals surface area contributed by atoms with E-state index in [1.54, 1.807) is 74.5 Å². The van der Waals surface area contributed by atoms with Crippen molar-refractivity contribution in [2.75, 3.05) is 6.61 Å². The van der Waals surface area contributed by atoms with E-state index in [2.05, 4.69) is 31.9 Å². The number of rotatable bonds is 21. The number of aliphatic hydroxyl groups excluding tert-OH is 2. The van der Waals surface area contributed by atoms with Gasteiger partial charge in [-0.15, -0.1) is 0 Å². The number of hydrogen-bond acceptors (Lipinski definition) is 11. The summed E-state index contributed by atoms with van der Waals surface area (Å²) in [5.74, 6) is -11.2. The van der Waals surface area contributed by atoms with Gasteiger partial charge >= 0.3 is 18.1 Å². The lowest BCUT2D eigenvalue weighted by atomic mass is 10.0. The van der Waals surface area contributed by atoms with Crippen LogP contribution in [-0.4, -0.2) is 129 Å². The van der Waals surface area contributed by atoms with E-state index in [1.165, 1.54) is 6.92 Å². The van der Waals surface area contributed by atoms with Gasteiger partial charge in [0, 0.05) is 19.8 Å². The van der Waals surface area contributed by atoms with Crippen LogP contribution in [0.1, 0.15) is 45.2 Å². The highest BCUT2D eigenvalue weighted by Crippen LogP contribution is 2.13. The molecule has 20 nitrogen and oxygen atoms in total. The van der Waals surface area contributed by atoms with Crippen molar-refractivity contribution in [2.45, 2.75) is 95.5 Å². The van der Waals surface area contributed by atoms with Crippen molar-refractivity contribution >= 4 is 53.3 Å². The lowest BCUT2D eigenvalue weighted by molar-refractivity contribution is -0.192. The van der Waals surface area contributed by atoms with Crippen LogP contribution >= 0.6 is 0 Å². The molecule has 0 aliphatic carbocycles. The van der Waals surface area contributed by atoms with Gasteiger partial charge in [-0.1, -0.05) is 74.5 Å². The molecule has 0 bridgehead atoms. The van der Waals surface area contributed by atoms with E-state index in [9.17, 15) is 66.8 Å². The number of carboxylic acid groups (broad SMARTS) is 2. The minimum absolute atomic E-state index is 0.113. The maximum Gasteiger partial charge on any atom is 0.490 e. The molecular formula is C38H50F3N7O13. The molecular weight excluding hydrogens is 819 g/mol. The lowest BCUT2D eigenvalue weighted by Gasteiger charge is -2.28. The first-order chi connectivity index (χ1) is 28.4. The predicted octanol–water partition coefficient (Wildman–Crippen LogP) is -1.98. The van der Waals surface area contributed by atoms with Crippen LogP contribution in [0.25, 0.3) is 0 Å². The average Bonchev–Trinajstić information content (AvgIpc) is 3.17. The topological polar surface area (TPSA) is 333 Å². The molecule has 0 aliphatic rings. The fourth-order valence-electron chi connectivity index (χ4n) is 5.19. The van der Waals surface area contributed by atoms with E-state index in [-0.39, 0.29) is 12.8 Å². The highest BCUT2D eigenvalue weighted by atomic mass is 19.4. The Balaban J connectivity index is 0.00000243. The molecule has 0 aliphatic heterocycles. The summed E-state index contributed by atoms with van der Waals surface area (Å²) in [6, 6.07) is 7.80. The minimum atomic E-state index is -5.08. The van der Waals surface area contributed by atoms with E-state index >= 15 is 0 Å². The maximum absolute atomic E-state index is 13.7. The summed E-state index contributed by atoms with van der Waals surface area (Å²) >= 11 is 0. The van der Waals surface area contributed by atoms with Gasteiger partial charge in [0.05, 0.1) is 19.1 Å². The molecule has 2 rings (SSSR count). The molecule has 0 spiro atoms. The molecule has 336 valence electrons. The Morgan fingerprint density at radius 3 is 1.39 bits per heavy atom. The molecule has 0 heterocycles. The highest BCUT2D eigenvalue weighted by molar-refractivity contribution is 5.98. The van der Waals surface area contributed by atoms with Gasteiger partial charge in [-0.25, -0.2) is 9.59 Å². The van der Waals surface area contributed by atoms with Gasteiger partial charge in [-0.05, 0) is 24.0 Å². The molecule has 0 saturated carbocycles. The molecule has 2 aromatic carbocycles. The number of primary amides is 1. The number of amides is 7. The van der Waals surface area contributed by atoms with Crippen molar-refractivity contribution in [2.24, 2.45) is 11.7 Å². The molecule has 0 aromatic heterocycles. The van der Waals surface area contributed by atoms with E-state index in [1.807, 2.05) is 0 Å². The molecule has 61 heavy (non-hydrogen) atoms. The van der Waals surface area contributed by atoms with Crippen LogP contribution in [0.5, 0.6) is 0 Å². The number of aliphatic carboxylic acids is 2. The predicted molar refractivity (Wildman–Crippen MR) is 206 cm³/mol. The van der Waals surface area contributed by atoms with E-state index in [0.29, 0.717) is 11.1 Å². The summed E-state index contributed by atoms with van der Waals surface area (Å²) < 4.78 is 31.7. The minimum Gasteiger partial charge on any atom is -0.480 e. The summed E-state index contributed by atoms with van der Waals surface area (Å²) in [5, 5.41) is 51.1. The quantitative estimate of drug-likeness (QED) is 0.0649. The fourth-order valence-corrected chi connectivity index (χ4v) is 5.19. The smallest absolute Gasteiger partial charge is 0.480 e. The Labute approximate surface area is 347 Å². The van der Waals surface area contributed by atoms with Gasteiger partial charge in [0.25, 0.3) is 0 Å². The summed E-state index contributed by atoms with van der Waals surface area (Å²) in [4.78, 5) is 111. The van der Waals surface area contributed by atoms with Crippen LogP contribution in [0.2, 0.25) is 0 Å². The average molecular weight is 870 g/mol. The molecule has 7 amide bonds.